The van der Waals surface area contributed by atoms with E-state index >= 15 is 0 Å². The zero-order valence-corrected chi connectivity index (χ0v) is 51.2. The van der Waals surface area contributed by atoms with E-state index in [1.165, 1.54) is 148 Å². The van der Waals surface area contributed by atoms with Crippen molar-refractivity contribution in [2.75, 3.05) is 0 Å². The molecule has 5 aromatic heterocycles. The van der Waals surface area contributed by atoms with Crippen LogP contribution in [-0.2, 0) is 0 Å². The van der Waals surface area contributed by atoms with Crippen molar-refractivity contribution in [3.8, 4) is 28.4 Å². The van der Waals surface area contributed by atoms with Gasteiger partial charge in [-0.3, -0.25) is 0 Å². The molecule has 0 aliphatic heterocycles. The molecule has 0 N–H and O–H groups in total. The second kappa shape index (κ2) is 19.7. The van der Waals surface area contributed by atoms with Crippen molar-refractivity contribution in [1.82, 2.24) is 22.8 Å². The Morgan fingerprint density at radius 2 is 0.533 bits per heavy atom. The molecule has 0 saturated carbocycles. The molecule has 90 heavy (non-hydrogen) atoms. The first kappa shape index (κ1) is 52.1. The van der Waals surface area contributed by atoms with Gasteiger partial charge in [-0.25, -0.2) is 0 Å². The summed E-state index contributed by atoms with van der Waals surface area (Å²) < 4.78 is 12.5. The highest BCUT2D eigenvalue weighted by Gasteiger charge is 2.30. The first-order valence-electron chi connectivity index (χ1n) is 31.5. The van der Waals surface area contributed by atoms with Gasteiger partial charge in [0.05, 0.1) is 55.2 Å². The van der Waals surface area contributed by atoms with E-state index in [2.05, 4.69) is 331 Å². The maximum atomic E-state index is 2.51. The summed E-state index contributed by atoms with van der Waals surface area (Å²) in [6, 6.07) is 100. The minimum Gasteiger partial charge on any atom is -0.309 e. The van der Waals surface area contributed by atoms with Crippen LogP contribution in [0.1, 0.15) is 33.4 Å². The van der Waals surface area contributed by atoms with E-state index in [0.29, 0.717) is 0 Å². The second-order valence-electron chi connectivity index (χ2n) is 25.2. The number of nitrogens with zero attached hydrogens (tertiary/aromatic N) is 5. The van der Waals surface area contributed by atoms with Crippen LogP contribution in [0, 0.1) is 41.5 Å². The SMILES string of the molecule is Cc1cc(C)c(B(c2ccc(-n3c4ccc(-n5c6ccccc6c6c5ccc5c7ccccc7n(-c7ccccc7)c56)cc4c4cc(-n5c6ccccc6c6c5ccc5c7ccccc7n(-c7ccccc7)c56)ccc43)cc2)c2c(C)cc(C)cc2C)c(C)c1. The predicted octanol–water partition coefficient (Wildman–Crippen LogP) is 19.5. The number of aromatic nitrogens is 5. The maximum Gasteiger partial charge on any atom is 0.242 e. The van der Waals surface area contributed by atoms with Gasteiger partial charge in [0.15, 0.2) is 0 Å². The van der Waals surface area contributed by atoms with Crippen LogP contribution in [0.5, 0.6) is 0 Å². The van der Waals surface area contributed by atoms with E-state index < -0.39 is 0 Å². The zero-order chi connectivity index (χ0) is 60.2. The largest absolute Gasteiger partial charge is 0.309 e. The van der Waals surface area contributed by atoms with Crippen molar-refractivity contribution in [3.05, 3.63) is 300 Å². The molecule has 0 unspecified atom stereocenters. The van der Waals surface area contributed by atoms with Crippen LogP contribution in [0.4, 0.5) is 0 Å². The van der Waals surface area contributed by atoms with E-state index in [0.717, 1.165) is 39.5 Å². The van der Waals surface area contributed by atoms with E-state index in [-0.39, 0.29) is 6.71 Å². The Labute approximate surface area is 522 Å². The molecular weight excluding hydrogens is 1090 g/mol. The molecule has 6 heteroatoms. The maximum absolute atomic E-state index is 2.51. The van der Waals surface area contributed by atoms with Gasteiger partial charge < -0.3 is 22.8 Å². The summed E-state index contributed by atoms with van der Waals surface area (Å²) in [5.41, 5.74) is 29.4. The third-order valence-corrected chi connectivity index (χ3v) is 19.8. The minimum absolute atomic E-state index is 0.0614. The fourth-order valence-corrected chi connectivity index (χ4v) is 16.4. The molecule has 0 bridgehead atoms. The molecule has 0 atom stereocenters. The Morgan fingerprint density at radius 3 is 0.944 bits per heavy atom. The van der Waals surface area contributed by atoms with E-state index in [1.807, 2.05) is 0 Å². The van der Waals surface area contributed by atoms with Gasteiger partial charge in [0.2, 0.25) is 6.71 Å². The Balaban J connectivity index is 0.898. The zero-order valence-electron chi connectivity index (χ0n) is 51.2. The van der Waals surface area contributed by atoms with Crippen molar-refractivity contribution in [2.24, 2.45) is 0 Å². The number of rotatable bonds is 8. The summed E-state index contributed by atoms with van der Waals surface area (Å²) >= 11 is 0. The molecule has 5 nitrogen and oxygen atoms in total. The first-order valence-corrected chi connectivity index (χ1v) is 31.5. The fourth-order valence-electron chi connectivity index (χ4n) is 16.4. The van der Waals surface area contributed by atoms with E-state index in [4.69, 9.17) is 0 Å². The molecule has 18 aromatic rings. The van der Waals surface area contributed by atoms with Crippen LogP contribution >= 0.6 is 0 Å². The minimum atomic E-state index is 0.0614. The smallest absolute Gasteiger partial charge is 0.242 e. The highest BCUT2D eigenvalue weighted by molar-refractivity contribution is 6.96. The normalized spacial score (nSPS) is 12.1. The Hall–Kier alpha value is -11.1. The van der Waals surface area contributed by atoms with Gasteiger partial charge in [-0.2, -0.15) is 0 Å². The molecule has 0 spiro atoms. The number of hydrogen-bond acceptors (Lipinski definition) is 0. The summed E-state index contributed by atoms with van der Waals surface area (Å²) in [5, 5.41) is 12.3. The summed E-state index contributed by atoms with van der Waals surface area (Å²) in [5.74, 6) is 0. The van der Waals surface area contributed by atoms with Gasteiger partial charge >= 0.3 is 0 Å². The fraction of sp³-hybridized carbons (Fsp3) is 0.0714. The van der Waals surface area contributed by atoms with E-state index in [1.54, 1.807) is 0 Å². The summed E-state index contributed by atoms with van der Waals surface area (Å²) in [6.07, 6.45) is 0. The molecule has 0 aliphatic rings. The van der Waals surface area contributed by atoms with Crippen LogP contribution in [0.3, 0.4) is 0 Å². The summed E-state index contributed by atoms with van der Waals surface area (Å²) in [7, 11) is 0. The van der Waals surface area contributed by atoms with Gasteiger partial charge in [0.1, 0.15) is 0 Å². The molecule has 0 saturated heterocycles. The lowest BCUT2D eigenvalue weighted by molar-refractivity contribution is 1.16. The number of para-hydroxylation sites is 6. The van der Waals surface area contributed by atoms with Gasteiger partial charge in [-0.15, -0.1) is 0 Å². The van der Waals surface area contributed by atoms with Crippen LogP contribution < -0.4 is 16.4 Å². The lowest BCUT2D eigenvalue weighted by Gasteiger charge is -2.25. The lowest BCUT2D eigenvalue weighted by Crippen LogP contribution is -2.55. The molecule has 13 aromatic carbocycles. The number of hydrogen-bond donors (Lipinski definition) is 0. The molecule has 5 heterocycles. The number of aryl methyl sites for hydroxylation is 6. The highest BCUT2D eigenvalue weighted by Crippen LogP contribution is 2.46. The van der Waals surface area contributed by atoms with Crippen LogP contribution in [0.25, 0.3) is 137 Å². The van der Waals surface area contributed by atoms with Crippen LogP contribution in [0.15, 0.2) is 267 Å². The topological polar surface area (TPSA) is 24.6 Å². The predicted molar refractivity (Wildman–Crippen MR) is 384 cm³/mol. The van der Waals surface area contributed by atoms with Crippen LogP contribution in [0.2, 0.25) is 0 Å². The lowest BCUT2D eigenvalue weighted by atomic mass is 9.34. The third kappa shape index (κ3) is 7.51. The Bertz CT molecular complexity index is 5640. The van der Waals surface area contributed by atoms with Gasteiger partial charge in [0, 0.05) is 82.3 Å². The number of benzene rings is 13. The average Bonchev–Trinajstić information content (AvgIpc) is 1.56. The van der Waals surface area contributed by atoms with Gasteiger partial charge in [0.25, 0.3) is 0 Å². The highest BCUT2D eigenvalue weighted by atomic mass is 15.0. The van der Waals surface area contributed by atoms with E-state index in [9.17, 15) is 0 Å². The third-order valence-electron chi connectivity index (χ3n) is 19.8. The molecule has 0 fully saturated rings. The van der Waals surface area contributed by atoms with Crippen molar-refractivity contribution < 1.29 is 0 Å². The molecule has 18 rings (SSSR count). The second-order valence-corrected chi connectivity index (χ2v) is 25.2. The standard InChI is InChI=1S/C84H62BN5/c1-51-45-53(3)81(54(4)46-51)85(82-55(5)47-52(2)48-56(82)6)57-33-35-60(36-34-57)86-75-41-37-61(87-73-31-19-15-27-67(73)79-77(87)43-39-65-63-25-13-17-29-71(63)89(83(65)79)58-21-9-7-10-22-58)49-69(75)70-50-62(38-42-76(70)86)88-74-32-20-16-28-68(74)80-78(88)44-40-66-64-26-14-18-30-72(64)90(84(66)80)59-23-11-8-12-24-59/h7-50H,1-6H3. The number of fused-ring (bicyclic) bond motifs is 17. The molecule has 0 aliphatic carbocycles. The van der Waals surface area contributed by atoms with Gasteiger partial charge in [-0.1, -0.05) is 207 Å². The van der Waals surface area contributed by atoms with Crippen molar-refractivity contribution in [3.63, 3.8) is 0 Å². The van der Waals surface area contributed by atoms with Gasteiger partial charge in [-0.05, 0) is 151 Å². The average molecular weight is 1150 g/mol. The van der Waals surface area contributed by atoms with Crippen molar-refractivity contribution in [1.29, 1.82) is 0 Å². The van der Waals surface area contributed by atoms with Crippen molar-refractivity contribution >= 4 is 132 Å². The molecule has 426 valence electrons. The Kier molecular flexibility index (Phi) is 11.4. The quantitative estimate of drug-likeness (QED) is 0.136. The first-order chi connectivity index (χ1) is 44.2. The van der Waals surface area contributed by atoms with Crippen LogP contribution in [-0.4, -0.2) is 29.5 Å². The molecule has 0 amide bonds. The summed E-state index contributed by atoms with van der Waals surface area (Å²) in [4.78, 5) is 0. The molecule has 0 radical (unpaired) electrons. The molecular formula is C84H62BN5. The summed E-state index contributed by atoms with van der Waals surface area (Å²) in [6.45, 7) is 13.7. The Morgan fingerprint density at radius 1 is 0.222 bits per heavy atom. The monoisotopic (exact) mass is 1150 g/mol. The van der Waals surface area contributed by atoms with Crippen molar-refractivity contribution in [2.45, 2.75) is 41.5 Å².